The summed E-state index contributed by atoms with van der Waals surface area (Å²) in [6, 6.07) is 1.37. The number of carbonyl (C=O) groups excluding carboxylic acids is 1. The summed E-state index contributed by atoms with van der Waals surface area (Å²) in [5.41, 5.74) is 0.605. The number of pyridine rings is 1. The van der Waals surface area contributed by atoms with Gasteiger partial charge in [-0.3, -0.25) is 9.78 Å². The molecule has 1 unspecified atom stereocenters. The van der Waals surface area contributed by atoms with Crippen molar-refractivity contribution in [1.29, 1.82) is 0 Å². The third-order valence-corrected chi connectivity index (χ3v) is 4.53. The predicted molar refractivity (Wildman–Crippen MR) is 81.5 cm³/mol. The Labute approximate surface area is 124 Å². The first-order valence-electron chi connectivity index (χ1n) is 5.98. The summed E-state index contributed by atoms with van der Waals surface area (Å²) in [6.07, 6.45) is 6.69. The lowest BCUT2D eigenvalue weighted by Crippen LogP contribution is -2.15. The molecule has 2 heterocycles. The monoisotopic (exact) mass is 311 g/mol. The van der Waals surface area contributed by atoms with E-state index in [1.54, 1.807) is 24.2 Å². The third-order valence-electron chi connectivity index (χ3n) is 2.60. The molecule has 0 saturated carbocycles. The highest BCUT2D eigenvalue weighted by molar-refractivity contribution is 7.99. The van der Waals surface area contributed by atoms with Gasteiger partial charge < -0.3 is 5.32 Å². The van der Waals surface area contributed by atoms with Crippen molar-refractivity contribution in [2.75, 3.05) is 11.6 Å². The number of carbonyl (C=O) groups is 1. The van der Waals surface area contributed by atoms with Crippen LogP contribution in [0.25, 0.3) is 10.6 Å². The van der Waals surface area contributed by atoms with Gasteiger partial charge in [-0.2, -0.15) is 11.8 Å². The molecule has 0 radical (unpaired) electrons. The van der Waals surface area contributed by atoms with E-state index in [0.717, 1.165) is 6.20 Å². The van der Waals surface area contributed by atoms with E-state index in [9.17, 15) is 9.18 Å². The van der Waals surface area contributed by atoms with Crippen LogP contribution in [0.2, 0.25) is 0 Å². The largest absolute Gasteiger partial charge is 0.316 e. The number of amides is 1. The summed E-state index contributed by atoms with van der Waals surface area (Å²) in [5.74, 6) is -0.448. The van der Waals surface area contributed by atoms with Crippen molar-refractivity contribution >= 4 is 34.0 Å². The predicted octanol–water partition coefficient (Wildman–Crippen LogP) is 3.42. The summed E-state index contributed by atoms with van der Waals surface area (Å²) in [4.78, 5) is 19.7. The second-order valence-corrected chi connectivity index (χ2v) is 6.53. The molecule has 2 aromatic heterocycles. The molecular weight excluding hydrogens is 297 g/mol. The minimum absolute atomic E-state index is 0.0422. The normalized spacial score (nSPS) is 12.2. The van der Waals surface area contributed by atoms with Crippen LogP contribution in [0.4, 0.5) is 9.39 Å². The minimum Gasteiger partial charge on any atom is -0.316 e. The van der Waals surface area contributed by atoms with Gasteiger partial charge >= 0.3 is 0 Å². The van der Waals surface area contributed by atoms with Crippen LogP contribution in [-0.2, 0) is 4.79 Å². The lowest BCUT2D eigenvalue weighted by molar-refractivity contribution is -0.116. The zero-order valence-electron chi connectivity index (χ0n) is 11.1. The SMILES string of the molecule is CSC(C)CC(=O)Nc1cnc(-c2cncc(F)c2)s1. The molecule has 20 heavy (non-hydrogen) atoms. The van der Waals surface area contributed by atoms with Gasteiger partial charge in [0, 0.05) is 23.4 Å². The number of thioether (sulfide) groups is 1. The summed E-state index contributed by atoms with van der Waals surface area (Å²) in [5, 5.41) is 4.36. The molecule has 0 fully saturated rings. The van der Waals surface area contributed by atoms with Crippen molar-refractivity contribution in [3.05, 3.63) is 30.5 Å². The number of hydrogen-bond donors (Lipinski definition) is 1. The molecule has 1 N–H and O–H groups in total. The fourth-order valence-electron chi connectivity index (χ4n) is 1.53. The first-order valence-corrected chi connectivity index (χ1v) is 8.08. The maximum absolute atomic E-state index is 13.1. The Hall–Kier alpha value is -1.47. The Balaban J connectivity index is 2.04. The van der Waals surface area contributed by atoms with Crippen LogP contribution in [0.15, 0.2) is 24.7 Å². The highest BCUT2D eigenvalue weighted by Crippen LogP contribution is 2.28. The van der Waals surface area contributed by atoms with Crippen LogP contribution in [-0.4, -0.2) is 27.4 Å². The molecule has 106 valence electrons. The van der Waals surface area contributed by atoms with Crippen LogP contribution >= 0.6 is 23.1 Å². The molecule has 4 nitrogen and oxygen atoms in total. The molecular formula is C13H14FN3OS2. The van der Waals surface area contributed by atoms with E-state index in [0.29, 0.717) is 22.0 Å². The van der Waals surface area contributed by atoms with Crippen molar-refractivity contribution in [1.82, 2.24) is 9.97 Å². The molecule has 2 rings (SSSR count). The Morgan fingerprint density at radius 2 is 2.30 bits per heavy atom. The zero-order chi connectivity index (χ0) is 14.5. The number of anilines is 1. The molecule has 0 aliphatic carbocycles. The van der Waals surface area contributed by atoms with Gasteiger partial charge in [-0.1, -0.05) is 18.3 Å². The number of rotatable bonds is 5. The lowest BCUT2D eigenvalue weighted by atomic mass is 10.3. The number of hydrogen-bond acceptors (Lipinski definition) is 5. The first-order chi connectivity index (χ1) is 9.58. The molecule has 1 atom stereocenters. The van der Waals surface area contributed by atoms with Gasteiger partial charge in [-0.05, 0) is 12.3 Å². The summed E-state index contributed by atoms with van der Waals surface area (Å²) >= 11 is 2.95. The standard InChI is InChI=1S/C13H14FN3OS2/c1-8(19-2)3-11(18)17-12-7-16-13(20-12)9-4-10(14)6-15-5-9/h4-8H,3H2,1-2H3,(H,17,18). The van der Waals surface area contributed by atoms with Gasteiger partial charge in [-0.25, -0.2) is 9.37 Å². The zero-order valence-corrected chi connectivity index (χ0v) is 12.7. The van der Waals surface area contributed by atoms with Crippen LogP contribution < -0.4 is 5.32 Å². The van der Waals surface area contributed by atoms with Gasteiger partial charge in [-0.15, -0.1) is 0 Å². The Bertz CT molecular complexity index is 603. The maximum atomic E-state index is 13.1. The van der Waals surface area contributed by atoms with Crippen molar-refractivity contribution in [2.45, 2.75) is 18.6 Å². The molecule has 0 bridgehead atoms. The number of halogens is 1. The van der Waals surface area contributed by atoms with Gasteiger partial charge in [0.15, 0.2) is 0 Å². The van der Waals surface area contributed by atoms with Crippen molar-refractivity contribution in [3.63, 3.8) is 0 Å². The molecule has 7 heteroatoms. The van der Waals surface area contributed by atoms with Crippen molar-refractivity contribution in [2.24, 2.45) is 0 Å². The van der Waals surface area contributed by atoms with Crippen molar-refractivity contribution < 1.29 is 9.18 Å². The van der Waals surface area contributed by atoms with Crippen molar-refractivity contribution in [3.8, 4) is 10.6 Å². The second-order valence-electron chi connectivity index (χ2n) is 4.22. The average molecular weight is 311 g/mol. The van der Waals surface area contributed by atoms with Crippen LogP contribution in [0.5, 0.6) is 0 Å². The van der Waals surface area contributed by atoms with E-state index < -0.39 is 5.82 Å². The molecule has 0 aromatic carbocycles. The quantitative estimate of drug-likeness (QED) is 0.919. The van der Waals surface area contributed by atoms with E-state index in [1.807, 2.05) is 13.2 Å². The molecule has 0 aliphatic rings. The summed E-state index contributed by atoms with van der Waals surface area (Å²) in [6.45, 7) is 2.00. The topological polar surface area (TPSA) is 54.9 Å². The third kappa shape index (κ3) is 4.01. The van der Waals surface area contributed by atoms with Crippen LogP contribution in [0.3, 0.4) is 0 Å². The fraction of sp³-hybridized carbons (Fsp3) is 0.308. The first kappa shape index (κ1) is 14.9. The number of nitrogens with zero attached hydrogens (tertiary/aromatic N) is 2. The summed E-state index contributed by atoms with van der Waals surface area (Å²) in [7, 11) is 0. The lowest BCUT2D eigenvalue weighted by Gasteiger charge is -2.06. The van der Waals surface area contributed by atoms with Gasteiger partial charge in [0.1, 0.15) is 15.8 Å². The van der Waals surface area contributed by atoms with Gasteiger partial charge in [0.05, 0.1) is 12.4 Å². The number of nitrogens with one attached hydrogen (secondary N) is 1. The Morgan fingerprint density at radius 1 is 1.50 bits per heavy atom. The second kappa shape index (κ2) is 6.81. The summed E-state index contributed by atoms with van der Waals surface area (Å²) < 4.78 is 13.1. The van der Waals surface area contributed by atoms with E-state index in [-0.39, 0.29) is 11.2 Å². The Kier molecular flexibility index (Phi) is 5.08. The average Bonchev–Trinajstić information content (AvgIpc) is 2.87. The molecule has 0 spiro atoms. The van der Waals surface area contributed by atoms with Gasteiger partial charge in [0.25, 0.3) is 0 Å². The number of aromatic nitrogens is 2. The molecule has 0 saturated heterocycles. The van der Waals surface area contributed by atoms with E-state index in [4.69, 9.17) is 0 Å². The van der Waals surface area contributed by atoms with Gasteiger partial charge in [0.2, 0.25) is 5.91 Å². The highest BCUT2D eigenvalue weighted by atomic mass is 32.2. The Morgan fingerprint density at radius 3 is 3.00 bits per heavy atom. The van der Waals surface area contributed by atoms with Crippen LogP contribution in [0, 0.1) is 5.82 Å². The van der Waals surface area contributed by atoms with E-state index >= 15 is 0 Å². The van der Waals surface area contributed by atoms with E-state index in [1.165, 1.54) is 17.4 Å². The molecule has 1 amide bonds. The molecule has 2 aromatic rings. The smallest absolute Gasteiger partial charge is 0.226 e. The fourth-order valence-corrected chi connectivity index (χ4v) is 2.66. The highest BCUT2D eigenvalue weighted by Gasteiger charge is 2.11. The van der Waals surface area contributed by atoms with E-state index in [2.05, 4.69) is 15.3 Å². The van der Waals surface area contributed by atoms with Crippen LogP contribution in [0.1, 0.15) is 13.3 Å². The molecule has 0 aliphatic heterocycles. The number of thiazole rings is 1. The minimum atomic E-state index is -0.405. The maximum Gasteiger partial charge on any atom is 0.226 e.